The molecule has 10 nitrogen and oxygen atoms in total. The van der Waals surface area contributed by atoms with E-state index < -0.39 is 10.0 Å². The third kappa shape index (κ3) is 3.71. The summed E-state index contributed by atoms with van der Waals surface area (Å²) in [5, 5.41) is 11.3. The quantitative estimate of drug-likeness (QED) is 0.636. The molecule has 0 spiro atoms. The van der Waals surface area contributed by atoms with Gasteiger partial charge in [0.15, 0.2) is 5.82 Å². The summed E-state index contributed by atoms with van der Waals surface area (Å²) in [6.07, 6.45) is 1.21. The monoisotopic (exact) mass is 428 g/mol. The molecule has 2 aromatic carbocycles. The summed E-state index contributed by atoms with van der Waals surface area (Å²) in [7, 11) is -0.839. The van der Waals surface area contributed by atoms with Crippen LogP contribution in [0.2, 0.25) is 0 Å². The van der Waals surface area contributed by atoms with Crippen molar-refractivity contribution >= 4 is 27.3 Å². The first kappa shape index (κ1) is 19.8. The summed E-state index contributed by atoms with van der Waals surface area (Å²) in [6.45, 7) is 0.566. The normalized spacial score (nSPS) is 14.2. The number of benzene rings is 2. The zero-order chi connectivity index (χ0) is 21.3. The summed E-state index contributed by atoms with van der Waals surface area (Å²) in [6, 6.07) is 11.4. The Kier molecular flexibility index (Phi) is 5.12. The number of amides is 1. The molecule has 1 amide bonds. The summed E-state index contributed by atoms with van der Waals surface area (Å²) >= 11 is 0. The standard InChI is InChI=1S/C19H20N6O4S/c1-24-19(20-22-23-24)13-5-7-14(8-6-13)21-30(27,28)17-12-15(9-10-16(17)29-2)25-11-3-4-18(25)26/h5-10,12,21H,3-4,11H2,1-2H3. The van der Waals surface area contributed by atoms with Crippen molar-refractivity contribution in [3.05, 3.63) is 42.5 Å². The number of sulfonamides is 1. The molecule has 2 heterocycles. The number of rotatable bonds is 6. The number of anilines is 2. The van der Waals surface area contributed by atoms with Gasteiger partial charge < -0.3 is 9.64 Å². The van der Waals surface area contributed by atoms with E-state index in [1.165, 1.54) is 17.9 Å². The van der Waals surface area contributed by atoms with E-state index in [9.17, 15) is 13.2 Å². The van der Waals surface area contributed by atoms with Gasteiger partial charge in [-0.2, -0.15) is 0 Å². The molecule has 0 atom stereocenters. The SMILES string of the molecule is COc1ccc(N2CCCC2=O)cc1S(=O)(=O)Nc1ccc(-c2nnnn2C)cc1. The fourth-order valence-corrected chi connectivity index (χ4v) is 4.58. The highest BCUT2D eigenvalue weighted by Crippen LogP contribution is 2.32. The summed E-state index contributed by atoms with van der Waals surface area (Å²) in [4.78, 5) is 13.6. The highest BCUT2D eigenvalue weighted by Gasteiger charge is 2.26. The predicted molar refractivity (Wildman–Crippen MR) is 110 cm³/mol. The molecular weight excluding hydrogens is 408 g/mol. The molecule has 4 rings (SSSR count). The fourth-order valence-electron chi connectivity index (χ4n) is 3.34. The molecule has 0 unspecified atom stereocenters. The van der Waals surface area contributed by atoms with Crippen LogP contribution in [-0.2, 0) is 21.9 Å². The lowest BCUT2D eigenvalue weighted by Crippen LogP contribution is -2.24. The smallest absolute Gasteiger partial charge is 0.265 e. The zero-order valence-electron chi connectivity index (χ0n) is 16.4. The largest absolute Gasteiger partial charge is 0.495 e. The van der Waals surface area contributed by atoms with Crippen molar-refractivity contribution in [1.82, 2.24) is 20.2 Å². The highest BCUT2D eigenvalue weighted by atomic mass is 32.2. The van der Waals surface area contributed by atoms with E-state index in [0.717, 1.165) is 12.0 Å². The fraction of sp³-hybridized carbons (Fsp3) is 0.263. The maximum Gasteiger partial charge on any atom is 0.265 e. The van der Waals surface area contributed by atoms with Gasteiger partial charge in [-0.1, -0.05) is 0 Å². The number of carbonyl (C=O) groups excluding carboxylic acids is 1. The molecule has 156 valence electrons. The Hall–Kier alpha value is -3.47. The summed E-state index contributed by atoms with van der Waals surface area (Å²) in [5.74, 6) is 0.735. The molecule has 3 aromatic rings. The first-order chi connectivity index (χ1) is 14.4. The molecular formula is C19H20N6O4S. The zero-order valence-corrected chi connectivity index (χ0v) is 17.3. The van der Waals surface area contributed by atoms with Gasteiger partial charge in [0.25, 0.3) is 10.0 Å². The molecule has 1 saturated heterocycles. The average Bonchev–Trinajstić information content (AvgIpc) is 3.36. The molecule has 1 aromatic heterocycles. The average molecular weight is 428 g/mol. The predicted octanol–water partition coefficient (Wildman–Crippen LogP) is 1.81. The van der Waals surface area contributed by atoms with E-state index in [4.69, 9.17) is 4.74 Å². The minimum Gasteiger partial charge on any atom is -0.495 e. The van der Waals surface area contributed by atoms with Crippen LogP contribution >= 0.6 is 0 Å². The Morgan fingerprint density at radius 3 is 2.50 bits per heavy atom. The van der Waals surface area contributed by atoms with Gasteiger partial charge in [-0.15, -0.1) is 5.10 Å². The molecule has 1 N–H and O–H groups in total. The molecule has 1 aliphatic rings. The van der Waals surface area contributed by atoms with E-state index in [0.29, 0.717) is 30.2 Å². The van der Waals surface area contributed by atoms with E-state index in [-0.39, 0.29) is 16.6 Å². The van der Waals surface area contributed by atoms with Crippen molar-refractivity contribution in [2.24, 2.45) is 7.05 Å². The van der Waals surface area contributed by atoms with Crippen molar-refractivity contribution in [3.8, 4) is 17.1 Å². The van der Waals surface area contributed by atoms with Gasteiger partial charge in [0.2, 0.25) is 5.91 Å². The van der Waals surface area contributed by atoms with Crippen LogP contribution in [0.5, 0.6) is 5.75 Å². The number of ether oxygens (including phenoxy) is 1. The maximum absolute atomic E-state index is 13.1. The van der Waals surface area contributed by atoms with Crippen LogP contribution < -0.4 is 14.4 Å². The first-order valence-corrected chi connectivity index (χ1v) is 10.7. The number of carbonyl (C=O) groups is 1. The number of hydrogen-bond donors (Lipinski definition) is 1. The Labute approximate surface area is 173 Å². The van der Waals surface area contributed by atoms with Crippen LogP contribution in [0.4, 0.5) is 11.4 Å². The number of nitrogens with zero attached hydrogens (tertiary/aromatic N) is 5. The van der Waals surface area contributed by atoms with Gasteiger partial charge in [0.1, 0.15) is 10.6 Å². The van der Waals surface area contributed by atoms with Gasteiger partial charge in [-0.3, -0.25) is 9.52 Å². The first-order valence-electron chi connectivity index (χ1n) is 9.23. The van der Waals surface area contributed by atoms with Gasteiger partial charge in [0, 0.05) is 37.0 Å². The second-order valence-electron chi connectivity index (χ2n) is 6.79. The third-order valence-corrected chi connectivity index (χ3v) is 6.24. The molecule has 30 heavy (non-hydrogen) atoms. The molecule has 1 fully saturated rings. The second kappa shape index (κ2) is 7.75. The number of aryl methyl sites for hydroxylation is 1. The van der Waals surface area contributed by atoms with Crippen LogP contribution in [0.3, 0.4) is 0 Å². The second-order valence-corrected chi connectivity index (χ2v) is 8.44. The van der Waals surface area contributed by atoms with Crippen LogP contribution in [-0.4, -0.2) is 48.2 Å². The number of hydrogen-bond acceptors (Lipinski definition) is 7. The minimum atomic E-state index is -3.96. The van der Waals surface area contributed by atoms with E-state index in [2.05, 4.69) is 20.2 Å². The Morgan fingerprint density at radius 2 is 1.90 bits per heavy atom. The van der Waals surface area contributed by atoms with Gasteiger partial charge >= 0.3 is 0 Å². The molecule has 1 aliphatic heterocycles. The maximum atomic E-state index is 13.1. The summed E-state index contributed by atoms with van der Waals surface area (Å²) in [5.41, 5.74) is 1.65. The minimum absolute atomic E-state index is 0.0228. The lowest BCUT2D eigenvalue weighted by atomic mass is 10.2. The number of tetrazole rings is 1. The van der Waals surface area contributed by atoms with E-state index in [1.807, 2.05) is 0 Å². The van der Waals surface area contributed by atoms with Crippen molar-refractivity contribution in [1.29, 1.82) is 0 Å². The number of nitrogens with one attached hydrogen (secondary N) is 1. The third-order valence-electron chi connectivity index (χ3n) is 4.84. The Balaban J connectivity index is 1.63. The van der Waals surface area contributed by atoms with Crippen molar-refractivity contribution < 1.29 is 17.9 Å². The lowest BCUT2D eigenvalue weighted by molar-refractivity contribution is -0.117. The molecule has 0 radical (unpaired) electrons. The van der Waals surface area contributed by atoms with E-state index >= 15 is 0 Å². The van der Waals surface area contributed by atoms with Gasteiger partial charge in [-0.05, 0) is 59.3 Å². The molecule has 11 heteroatoms. The van der Waals surface area contributed by atoms with Crippen LogP contribution in [0.15, 0.2) is 47.4 Å². The molecule has 0 saturated carbocycles. The number of aromatic nitrogens is 4. The topological polar surface area (TPSA) is 119 Å². The van der Waals surface area contributed by atoms with Gasteiger partial charge in [0.05, 0.1) is 7.11 Å². The van der Waals surface area contributed by atoms with Gasteiger partial charge in [-0.25, -0.2) is 13.1 Å². The van der Waals surface area contributed by atoms with Crippen LogP contribution in [0.25, 0.3) is 11.4 Å². The highest BCUT2D eigenvalue weighted by molar-refractivity contribution is 7.92. The van der Waals surface area contributed by atoms with Crippen molar-refractivity contribution in [3.63, 3.8) is 0 Å². The Morgan fingerprint density at radius 1 is 1.13 bits per heavy atom. The van der Waals surface area contributed by atoms with Crippen LogP contribution in [0.1, 0.15) is 12.8 Å². The van der Waals surface area contributed by atoms with E-state index in [1.54, 1.807) is 48.3 Å². The van der Waals surface area contributed by atoms with Crippen molar-refractivity contribution in [2.45, 2.75) is 17.7 Å². The van der Waals surface area contributed by atoms with Crippen molar-refractivity contribution in [2.75, 3.05) is 23.3 Å². The van der Waals surface area contributed by atoms with Crippen LogP contribution in [0, 0.1) is 0 Å². The summed E-state index contributed by atoms with van der Waals surface area (Å²) < 4.78 is 35.5. The Bertz CT molecular complexity index is 1190. The molecule has 0 aliphatic carbocycles. The molecule has 0 bridgehead atoms. The lowest BCUT2D eigenvalue weighted by Gasteiger charge is -2.18. The number of methoxy groups -OCH3 is 1.